The van der Waals surface area contributed by atoms with Crippen LogP contribution in [0, 0.1) is 5.92 Å². The van der Waals surface area contributed by atoms with Crippen molar-refractivity contribution in [3.8, 4) is 0 Å². The van der Waals surface area contributed by atoms with Crippen LogP contribution in [0.25, 0.3) is 10.8 Å². The molecule has 2 heteroatoms. The van der Waals surface area contributed by atoms with Crippen molar-refractivity contribution in [2.75, 3.05) is 13.7 Å². The Morgan fingerprint density at radius 3 is 2.68 bits per heavy atom. The standard InChI is InChI=1S/C17H20O2/c1-13(10-11-19-2)17(18)12-15-8-5-7-14-6-3-4-9-16(14)15/h3-9,13H,10-12H2,1-2H3. The lowest BCUT2D eigenvalue weighted by Crippen LogP contribution is -2.15. The summed E-state index contributed by atoms with van der Waals surface area (Å²) < 4.78 is 5.03. The minimum absolute atomic E-state index is 0.0546. The van der Waals surface area contributed by atoms with Crippen LogP contribution >= 0.6 is 0 Å². The van der Waals surface area contributed by atoms with Gasteiger partial charge in [0.15, 0.2) is 0 Å². The van der Waals surface area contributed by atoms with Gasteiger partial charge in [0.1, 0.15) is 5.78 Å². The minimum Gasteiger partial charge on any atom is -0.385 e. The van der Waals surface area contributed by atoms with Crippen LogP contribution in [0.3, 0.4) is 0 Å². The van der Waals surface area contributed by atoms with E-state index in [9.17, 15) is 4.79 Å². The van der Waals surface area contributed by atoms with E-state index in [0.717, 1.165) is 12.0 Å². The van der Waals surface area contributed by atoms with E-state index in [1.807, 2.05) is 31.2 Å². The third kappa shape index (κ3) is 3.42. The minimum atomic E-state index is 0.0546. The van der Waals surface area contributed by atoms with E-state index < -0.39 is 0 Å². The normalized spacial score (nSPS) is 12.5. The Morgan fingerprint density at radius 2 is 1.89 bits per heavy atom. The Hall–Kier alpha value is -1.67. The van der Waals surface area contributed by atoms with Crippen LogP contribution in [0.1, 0.15) is 18.9 Å². The monoisotopic (exact) mass is 256 g/mol. The van der Waals surface area contributed by atoms with Gasteiger partial charge >= 0.3 is 0 Å². The molecule has 0 aliphatic heterocycles. The lowest BCUT2D eigenvalue weighted by atomic mass is 9.94. The van der Waals surface area contributed by atoms with Gasteiger partial charge in [-0.2, -0.15) is 0 Å². The number of ketones is 1. The van der Waals surface area contributed by atoms with Crippen molar-refractivity contribution in [3.63, 3.8) is 0 Å². The molecule has 0 aliphatic carbocycles. The zero-order valence-corrected chi connectivity index (χ0v) is 11.6. The van der Waals surface area contributed by atoms with Crippen molar-refractivity contribution in [1.29, 1.82) is 0 Å². The Bertz CT molecular complexity index is 555. The summed E-state index contributed by atoms with van der Waals surface area (Å²) in [4.78, 5) is 12.2. The van der Waals surface area contributed by atoms with Crippen molar-refractivity contribution in [3.05, 3.63) is 48.0 Å². The number of fused-ring (bicyclic) bond motifs is 1. The molecule has 2 nitrogen and oxygen atoms in total. The van der Waals surface area contributed by atoms with Crippen LogP contribution in [0.5, 0.6) is 0 Å². The first-order valence-electron chi connectivity index (χ1n) is 6.70. The first-order valence-corrected chi connectivity index (χ1v) is 6.70. The van der Waals surface area contributed by atoms with Gasteiger partial charge in [0.25, 0.3) is 0 Å². The molecule has 2 aromatic carbocycles. The van der Waals surface area contributed by atoms with Gasteiger partial charge in [-0.1, -0.05) is 49.4 Å². The third-order valence-corrected chi connectivity index (χ3v) is 3.55. The highest BCUT2D eigenvalue weighted by atomic mass is 16.5. The predicted octanol–water partition coefficient (Wildman–Crippen LogP) is 3.62. The van der Waals surface area contributed by atoms with Crippen LogP contribution in [0.15, 0.2) is 42.5 Å². The number of benzene rings is 2. The van der Waals surface area contributed by atoms with Crippen LogP contribution in [0.2, 0.25) is 0 Å². The molecule has 1 unspecified atom stereocenters. The molecule has 1 atom stereocenters. The van der Waals surface area contributed by atoms with Gasteiger partial charge in [-0.3, -0.25) is 4.79 Å². The van der Waals surface area contributed by atoms with Crippen LogP contribution in [0.4, 0.5) is 0 Å². The second-order valence-corrected chi connectivity index (χ2v) is 4.96. The highest BCUT2D eigenvalue weighted by molar-refractivity contribution is 5.91. The number of carbonyl (C=O) groups is 1. The summed E-state index contributed by atoms with van der Waals surface area (Å²) in [7, 11) is 1.67. The highest BCUT2D eigenvalue weighted by Crippen LogP contribution is 2.20. The maximum Gasteiger partial charge on any atom is 0.140 e. The Labute approximate surface area is 114 Å². The highest BCUT2D eigenvalue weighted by Gasteiger charge is 2.14. The van der Waals surface area contributed by atoms with Gasteiger partial charge in [0.05, 0.1) is 0 Å². The first-order chi connectivity index (χ1) is 9.22. The van der Waals surface area contributed by atoms with E-state index in [1.54, 1.807) is 7.11 Å². The van der Waals surface area contributed by atoms with Crippen molar-refractivity contribution >= 4 is 16.6 Å². The lowest BCUT2D eigenvalue weighted by molar-refractivity contribution is -0.122. The second kappa shape index (κ2) is 6.48. The number of Topliss-reactive ketones (excluding diaryl/α,β-unsaturated/α-hetero) is 1. The van der Waals surface area contributed by atoms with Crippen molar-refractivity contribution < 1.29 is 9.53 Å². The molecule has 0 amide bonds. The van der Waals surface area contributed by atoms with E-state index in [4.69, 9.17) is 4.74 Å². The summed E-state index contributed by atoms with van der Waals surface area (Å²) in [5.41, 5.74) is 1.12. The van der Waals surface area contributed by atoms with E-state index in [2.05, 4.69) is 18.2 Å². The first kappa shape index (κ1) is 13.8. The number of rotatable bonds is 6. The third-order valence-electron chi connectivity index (χ3n) is 3.55. The van der Waals surface area contributed by atoms with Crippen molar-refractivity contribution in [2.24, 2.45) is 5.92 Å². The molecule has 0 radical (unpaired) electrons. The van der Waals surface area contributed by atoms with E-state index in [-0.39, 0.29) is 11.7 Å². The van der Waals surface area contributed by atoms with E-state index in [0.29, 0.717) is 13.0 Å². The topological polar surface area (TPSA) is 26.3 Å². The predicted molar refractivity (Wildman–Crippen MR) is 78.3 cm³/mol. The Balaban J connectivity index is 2.15. The number of methoxy groups -OCH3 is 1. The molecule has 0 saturated carbocycles. The average Bonchev–Trinajstić information content (AvgIpc) is 2.45. The van der Waals surface area contributed by atoms with Gasteiger partial charge in [-0.25, -0.2) is 0 Å². The fraction of sp³-hybridized carbons (Fsp3) is 0.353. The van der Waals surface area contributed by atoms with Crippen molar-refractivity contribution in [1.82, 2.24) is 0 Å². The number of hydrogen-bond acceptors (Lipinski definition) is 2. The maximum absolute atomic E-state index is 12.2. The lowest BCUT2D eigenvalue weighted by Gasteiger charge is -2.11. The summed E-state index contributed by atoms with van der Waals surface area (Å²) in [6.07, 6.45) is 1.30. The van der Waals surface area contributed by atoms with Gasteiger partial charge in [-0.05, 0) is 22.8 Å². The molecule has 0 aromatic heterocycles. The van der Waals surface area contributed by atoms with Gasteiger partial charge < -0.3 is 4.74 Å². The molecule has 100 valence electrons. The molecule has 2 rings (SSSR count). The Kier molecular flexibility index (Phi) is 4.69. The van der Waals surface area contributed by atoms with Crippen LogP contribution < -0.4 is 0 Å². The summed E-state index contributed by atoms with van der Waals surface area (Å²) in [5.74, 6) is 0.340. The second-order valence-electron chi connectivity index (χ2n) is 4.96. The fourth-order valence-electron chi connectivity index (χ4n) is 2.26. The Morgan fingerprint density at radius 1 is 1.16 bits per heavy atom. The average molecular weight is 256 g/mol. The van der Waals surface area contributed by atoms with Crippen LogP contribution in [-0.4, -0.2) is 19.5 Å². The molecule has 0 N–H and O–H groups in total. The molecule has 19 heavy (non-hydrogen) atoms. The zero-order valence-electron chi connectivity index (χ0n) is 11.6. The molecular weight excluding hydrogens is 236 g/mol. The summed E-state index contributed by atoms with van der Waals surface area (Å²) in [6.45, 7) is 2.62. The molecule has 0 bridgehead atoms. The SMILES string of the molecule is COCCC(C)C(=O)Cc1cccc2ccccc12. The maximum atomic E-state index is 12.2. The smallest absolute Gasteiger partial charge is 0.140 e. The van der Waals surface area contributed by atoms with Gasteiger partial charge in [-0.15, -0.1) is 0 Å². The molecule has 0 fully saturated rings. The summed E-state index contributed by atoms with van der Waals surface area (Å²) in [5, 5.41) is 2.37. The number of carbonyl (C=O) groups excluding carboxylic acids is 1. The summed E-state index contributed by atoms with van der Waals surface area (Å²) >= 11 is 0. The van der Waals surface area contributed by atoms with E-state index >= 15 is 0 Å². The van der Waals surface area contributed by atoms with Gasteiger partial charge in [0, 0.05) is 26.1 Å². The molecule has 0 spiro atoms. The quantitative estimate of drug-likeness (QED) is 0.789. The summed E-state index contributed by atoms with van der Waals surface area (Å²) in [6, 6.07) is 14.3. The number of ether oxygens (including phenoxy) is 1. The largest absolute Gasteiger partial charge is 0.385 e. The molecule has 0 saturated heterocycles. The van der Waals surface area contributed by atoms with Gasteiger partial charge in [0.2, 0.25) is 0 Å². The number of hydrogen-bond donors (Lipinski definition) is 0. The molecular formula is C17H20O2. The fourth-order valence-corrected chi connectivity index (χ4v) is 2.26. The zero-order chi connectivity index (χ0) is 13.7. The van der Waals surface area contributed by atoms with Crippen LogP contribution in [-0.2, 0) is 16.0 Å². The molecule has 2 aromatic rings. The van der Waals surface area contributed by atoms with E-state index in [1.165, 1.54) is 10.8 Å². The van der Waals surface area contributed by atoms with Crippen molar-refractivity contribution in [2.45, 2.75) is 19.8 Å². The molecule has 0 aliphatic rings. The molecule has 0 heterocycles.